The molecule has 0 atom stereocenters. The fourth-order valence-electron chi connectivity index (χ4n) is 2.09. The molecule has 16 heavy (non-hydrogen) atoms. The van der Waals surface area contributed by atoms with Gasteiger partial charge < -0.3 is 0 Å². The van der Waals surface area contributed by atoms with Crippen molar-refractivity contribution in [3.05, 3.63) is 0 Å². The maximum Gasteiger partial charge on any atom is 0.150 e. The first-order valence-electron chi connectivity index (χ1n) is 5.96. The Labute approximate surface area is 98.8 Å². The highest BCUT2D eigenvalue weighted by Crippen LogP contribution is 2.27. The molecule has 1 aliphatic carbocycles. The zero-order valence-electron chi connectivity index (χ0n) is 10.2. The molecule has 1 fully saturated rings. The van der Waals surface area contributed by atoms with E-state index in [9.17, 15) is 8.42 Å². The summed E-state index contributed by atoms with van der Waals surface area (Å²) >= 11 is 0. The van der Waals surface area contributed by atoms with Gasteiger partial charge in [-0.2, -0.15) is 5.26 Å². The maximum absolute atomic E-state index is 11.8. The molecule has 0 aromatic heterocycles. The van der Waals surface area contributed by atoms with Crippen LogP contribution in [0.25, 0.3) is 0 Å². The molecular weight excluding hydrogens is 222 g/mol. The highest BCUT2D eigenvalue weighted by atomic mass is 32.2. The number of hydrogen-bond donors (Lipinski definition) is 0. The summed E-state index contributed by atoms with van der Waals surface area (Å²) in [6.07, 6.45) is 4.90. The van der Waals surface area contributed by atoms with Crippen LogP contribution in [0.5, 0.6) is 0 Å². The zero-order valence-corrected chi connectivity index (χ0v) is 11.0. The number of sulfone groups is 1. The third-order valence-electron chi connectivity index (χ3n) is 3.31. The molecule has 0 amide bonds. The average molecular weight is 243 g/mol. The van der Waals surface area contributed by atoms with E-state index < -0.39 is 15.3 Å². The van der Waals surface area contributed by atoms with Gasteiger partial charge in [-0.05, 0) is 39.0 Å². The summed E-state index contributed by atoms with van der Waals surface area (Å²) in [5.74, 6) is 0.855. The van der Waals surface area contributed by atoms with Crippen LogP contribution in [0.2, 0.25) is 0 Å². The van der Waals surface area contributed by atoms with Gasteiger partial charge in [0.05, 0.1) is 23.0 Å². The van der Waals surface area contributed by atoms with E-state index in [0.29, 0.717) is 18.1 Å². The van der Waals surface area contributed by atoms with Crippen molar-refractivity contribution in [1.29, 1.82) is 5.26 Å². The predicted molar refractivity (Wildman–Crippen MR) is 64.6 cm³/mol. The summed E-state index contributed by atoms with van der Waals surface area (Å²) in [5, 5.41) is 8.83. The summed E-state index contributed by atoms with van der Waals surface area (Å²) in [6.45, 7) is 3.58. The normalized spacial score (nSPS) is 18.6. The van der Waals surface area contributed by atoms with E-state index in [1.165, 1.54) is 12.8 Å². The molecule has 1 aliphatic rings. The Balaban J connectivity index is 2.43. The third-order valence-corrected chi connectivity index (χ3v) is 5.11. The second kappa shape index (κ2) is 5.18. The molecule has 0 aromatic rings. The molecule has 0 radical (unpaired) electrons. The van der Waals surface area contributed by atoms with Gasteiger partial charge in [0.25, 0.3) is 0 Å². The molecule has 0 spiro atoms. The molecule has 3 nitrogen and oxygen atoms in total. The molecule has 0 bridgehead atoms. The minimum absolute atomic E-state index is 0.157. The fourth-order valence-corrected chi connectivity index (χ4v) is 4.13. The van der Waals surface area contributed by atoms with E-state index in [-0.39, 0.29) is 5.75 Å². The van der Waals surface area contributed by atoms with Crippen molar-refractivity contribution < 1.29 is 8.42 Å². The Morgan fingerprint density at radius 3 is 2.38 bits per heavy atom. The monoisotopic (exact) mass is 243 g/mol. The van der Waals surface area contributed by atoms with Gasteiger partial charge in [-0.1, -0.05) is 12.8 Å². The number of nitriles is 1. The zero-order chi connectivity index (χ0) is 12.2. The molecule has 1 saturated carbocycles. The standard InChI is InChI=1S/C12H21NO2S/c1-12(2,10-13)7-8-16(14,15)9-11-5-3-4-6-11/h11H,3-9H2,1-2H3. The summed E-state index contributed by atoms with van der Waals surface area (Å²) in [4.78, 5) is 0. The van der Waals surface area contributed by atoms with Crippen LogP contribution in [-0.4, -0.2) is 19.9 Å². The fraction of sp³-hybridized carbons (Fsp3) is 0.917. The van der Waals surface area contributed by atoms with Gasteiger partial charge in [0.1, 0.15) is 0 Å². The first-order chi connectivity index (χ1) is 7.35. The van der Waals surface area contributed by atoms with Crippen LogP contribution in [-0.2, 0) is 9.84 Å². The van der Waals surface area contributed by atoms with Crippen molar-refractivity contribution in [3.8, 4) is 6.07 Å². The lowest BCUT2D eigenvalue weighted by Gasteiger charge is -2.16. The highest BCUT2D eigenvalue weighted by molar-refractivity contribution is 7.91. The Kier molecular flexibility index (Phi) is 4.37. The maximum atomic E-state index is 11.8. The number of hydrogen-bond acceptors (Lipinski definition) is 3. The summed E-state index contributed by atoms with van der Waals surface area (Å²) in [7, 11) is -2.96. The van der Waals surface area contributed by atoms with E-state index in [1.807, 2.05) is 0 Å². The van der Waals surface area contributed by atoms with Crippen molar-refractivity contribution in [2.45, 2.75) is 46.0 Å². The Morgan fingerprint density at radius 2 is 1.88 bits per heavy atom. The van der Waals surface area contributed by atoms with Crippen molar-refractivity contribution in [2.24, 2.45) is 11.3 Å². The molecule has 1 rings (SSSR count). The van der Waals surface area contributed by atoms with E-state index in [4.69, 9.17) is 5.26 Å². The lowest BCUT2D eigenvalue weighted by molar-refractivity contribution is 0.471. The van der Waals surface area contributed by atoms with Crippen molar-refractivity contribution in [1.82, 2.24) is 0 Å². The van der Waals surface area contributed by atoms with Gasteiger partial charge in [0.15, 0.2) is 9.84 Å². The predicted octanol–water partition coefficient (Wildman–Crippen LogP) is 2.53. The minimum Gasteiger partial charge on any atom is -0.229 e. The first kappa shape index (κ1) is 13.5. The molecule has 0 unspecified atom stereocenters. The topological polar surface area (TPSA) is 57.9 Å². The average Bonchev–Trinajstić information content (AvgIpc) is 2.67. The van der Waals surface area contributed by atoms with Gasteiger partial charge >= 0.3 is 0 Å². The Morgan fingerprint density at radius 1 is 1.31 bits per heavy atom. The van der Waals surface area contributed by atoms with Crippen molar-refractivity contribution >= 4 is 9.84 Å². The molecule has 92 valence electrons. The number of rotatable bonds is 5. The summed E-state index contributed by atoms with van der Waals surface area (Å²) < 4.78 is 23.7. The molecule has 0 heterocycles. The van der Waals surface area contributed by atoms with Crippen LogP contribution in [0.15, 0.2) is 0 Å². The smallest absolute Gasteiger partial charge is 0.150 e. The van der Waals surface area contributed by atoms with Crippen LogP contribution in [0.4, 0.5) is 0 Å². The van der Waals surface area contributed by atoms with E-state index >= 15 is 0 Å². The quantitative estimate of drug-likeness (QED) is 0.745. The van der Waals surface area contributed by atoms with Crippen molar-refractivity contribution in [3.63, 3.8) is 0 Å². The largest absolute Gasteiger partial charge is 0.229 e. The second-order valence-electron chi connectivity index (χ2n) is 5.51. The van der Waals surface area contributed by atoms with E-state index in [2.05, 4.69) is 6.07 Å². The first-order valence-corrected chi connectivity index (χ1v) is 7.78. The SMILES string of the molecule is CC(C)(C#N)CCS(=O)(=O)CC1CCCC1. The van der Waals surface area contributed by atoms with Crippen molar-refractivity contribution in [2.75, 3.05) is 11.5 Å². The van der Waals surface area contributed by atoms with E-state index in [0.717, 1.165) is 12.8 Å². The molecule has 4 heteroatoms. The number of nitrogens with zero attached hydrogens (tertiary/aromatic N) is 1. The van der Waals surface area contributed by atoms with Gasteiger partial charge in [-0.25, -0.2) is 8.42 Å². The van der Waals surface area contributed by atoms with Gasteiger partial charge in [-0.3, -0.25) is 0 Å². The Hall–Kier alpha value is -0.560. The van der Waals surface area contributed by atoms with Crippen LogP contribution in [0, 0.1) is 22.7 Å². The second-order valence-corrected chi connectivity index (χ2v) is 7.74. The summed E-state index contributed by atoms with van der Waals surface area (Å²) in [6, 6.07) is 2.14. The summed E-state index contributed by atoms with van der Waals surface area (Å²) in [5.41, 5.74) is -0.525. The Bertz CT molecular complexity index is 359. The van der Waals surface area contributed by atoms with Crippen LogP contribution in [0.1, 0.15) is 46.0 Å². The van der Waals surface area contributed by atoms with Gasteiger partial charge in [0.2, 0.25) is 0 Å². The molecule has 0 aliphatic heterocycles. The van der Waals surface area contributed by atoms with E-state index in [1.54, 1.807) is 13.8 Å². The van der Waals surface area contributed by atoms with Crippen LogP contribution >= 0.6 is 0 Å². The van der Waals surface area contributed by atoms with Gasteiger partial charge in [0, 0.05) is 0 Å². The van der Waals surface area contributed by atoms with Crippen LogP contribution < -0.4 is 0 Å². The lowest BCUT2D eigenvalue weighted by Crippen LogP contribution is -2.21. The van der Waals surface area contributed by atoms with Crippen LogP contribution in [0.3, 0.4) is 0 Å². The third kappa shape index (κ3) is 4.52. The molecular formula is C12H21NO2S. The highest BCUT2D eigenvalue weighted by Gasteiger charge is 2.25. The molecule has 0 N–H and O–H groups in total. The minimum atomic E-state index is -2.96. The van der Waals surface area contributed by atoms with Gasteiger partial charge in [-0.15, -0.1) is 0 Å². The molecule has 0 aromatic carbocycles. The molecule has 0 saturated heterocycles. The lowest BCUT2D eigenvalue weighted by atomic mass is 9.93.